The van der Waals surface area contributed by atoms with Crippen LogP contribution in [0, 0.1) is 12.7 Å². The van der Waals surface area contributed by atoms with Crippen LogP contribution in [0.2, 0.25) is 5.15 Å². The van der Waals surface area contributed by atoms with Crippen LogP contribution in [-0.2, 0) is 19.3 Å². The number of anilines is 1. The zero-order chi connectivity index (χ0) is 30.3. The Morgan fingerprint density at radius 2 is 1.83 bits per heavy atom. The normalized spacial score (nSPS) is 12.7. The van der Waals surface area contributed by atoms with E-state index in [-0.39, 0.29) is 46.2 Å². The molecule has 10 nitrogen and oxygen atoms in total. The van der Waals surface area contributed by atoms with Crippen molar-refractivity contribution in [2.75, 3.05) is 19.5 Å². The number of thiazole rings is 1. The molecule has 2 amide bonds. The molecule has 5 heterocycles. The molecule has 0 saturated heterocycles. The Hall–Kier alpha value is -4.37. The maximum atomic E-state index is 15.1. The van der Waals surface area contributed by atoms with Crippen molar-refractivity contribution < 1.29 is 36.6 Å². The summed E-state index contributed by atoms with van der Waals surface area (Å²) in [5, 5.41) is 2.50. The molecule has 0 spiro atoms. The second-order valence-electron chi connectivity index (χ2n) is 8.93. The van der Waals surface area contributed by atoms with Gasteiger partial charge in [-0.25, -0.2) is 19.3 Å². The lowest BCUT2D eigenvalue weighted by Gasteiger charge is -2.17. The molecule has 0 unspecified atom stereocenters. The lowest BCUT2D eigenvalue weighted by molar-refractivity contribution is -0.141. The van der Waals surface area contributed by atoms with Gasteiger partial charge in [-0.3, -0.25) is 19.9 Å². The predicted molar refractivity (Wildman–Crippen MR) is 143 cm³/mol. The van der Waals surface area contributed by atoms with Gasteiger partial charge in [-0.1, -0.05) is 22.9 Å². The van der Waals surface area contributed by atoms with Crippen LogP contribution in [0.1, 0.15) is 42.7 Å². The number of methoxy groups -OCH3 is 2. The van der Waals surface area contributed by atoms with Gasteiger partial charge in [0.05, 0.1) is 55.2 Å². The number of pyridine rings is 3. The van der Waals surface area contributed by atoms with Crippen LogP contribution >= 0.6 is 22.9 Å². The number of carbonyl (C=O) groups excluding carboxylic acids is 2. The molecule has 16 heteroatoms. The molecule has 1 N–H and O–H groups in total. The number of rotatable bonds is 6. The van der Waals surface area contributed by atoms with Crippen LogP contribution in [0.4, 0.5) is 22.7 Å². The molecule has 0 fully saturated rings. The van der Waals surface area contributed by atoms with Crippen LogP contribution < -0.4 is 14.8 Å². The zero-order valence-electron chi connectivity index (χ0n) is 22.0. The van der Waals surface area contributed by atoms with Crippen molar-refractivity contribution >= 4 is 39.9 Å². The molecule has 218 valence electrons. The fourth-order valence-corrected chi connectivity index (χ4v) is 5.41. The maximum absolute atomic E-state index is 15.1. The number of nitrogens with zero attached hydrogens (tertiary/aromatic N) is 5. The first kappa shape index (κ1) is 29.1. The summed E-state index contributed by atoms with van der Waals surface area (Å²) >= 11 is 7.01. The topological polar surface area (TPSA) is 119 Å². The first-order chi connectivity index (χ1) is 19.9. The standard InChI is InChI=1S/C26H19ClF4N6O4S/c1-11-6-13(19-16(40-2)8-33-21(27)20(19)28)14(7-32-11)22(38)36-25-34-15-9-37(10-17(15)42-25)24(39)12-4-5-18(26(29,30)31)35-23(12)41-3/h4-8H,9-10H2,1-3H3,(H,34,36,38). The van der Waals surface area contributed by atoms with Gasteiger partial charge in [0.25, 0.3) is 11.8 Å². The van der Waals surface area contributed by atoms with E-state index in [1.807, 2.05) is 0 Å². The lowest BCUT2D eigenvalue weighted by atomic mass is 10.00. The van der Waals surface area contributed by atoms with Crippen molar-refractivity contribution in [3.8, 4) is 22.8 Å². The van der Waals surface area contributed by atoms with E-state index in [1.165, 1.54) is 30.5 Å². The molecular formula is C26H19ClF4N6O4S. The SMILES string of the molecule is COc1cnc(Cl)c(F)c1-c1cc(C)ncc1C(=O)Nc1nc2c(s1)CN(C(=O)c1ccc(C(F)(F)F)nc1OC)C2. The van der Waals surface area contributed by atoms with Crippen LogP contribution in [0.3, 0.4) is 0 Å². The Morgan fingerprint density at radius 3 is 2.50 bits per heavy atom. The molecule has 0 atom stereocenters. The Kier molecular flexibility index (Phi) is 7.72. The highest BCUT2D eigenvalue weighted by molar-refractivity contribution is 7.16. The van der Waals surface area contributed by atoms with Gasteiger partial charge in [-0.2, -0.15) is 13.2 Å². The van der Waals surface area contributed by atoms with Gasteiger partial charge >= 0.3 is 6.18 Å². The minimum absolute atomic E-state index is 0.0223. The van der Waals surface area contributed by atoms with Crippen LogP contribution in [0.25, 0.3) is 11.1 Å². The van der Waals surface area contributed by atoms with E-state index in [0.29, 0.717) is 22.3 Å². The second kappa shape index (κ2) is 11.1. The summed E-state index contributed by atoms with van der Waals surface area (Å²) in [5.74, 6) is -2.47. The van der Waals surface area contributed by atoms with Crippen LogP contribution in [-0.4, -0.2) is 50.9 Å². The molecule has 5 rings (SSSR count). The fraction of sp³-hybridized carbons (Fsp3) is 0.231. The second-order valence-corrected chi connectivity index (χ2v) is 10.4. The van der Waals surface area contributed by atoms with E-state index >= 15 is 4.39 Å². The van der Waals surface area contributed by atoms with E-state index < -0.39 is 40.5 Å². The third kappa shape index (κ3) is 5.44. The molecule has 0 aromatic carbocycles. The average molecular weight is 623 g/mol. The number of alkyl halides is 3. The lowest BCUT2D eigenvalue weighted by Crippen LogP contribution is -2.26. The van der Waals surface area contributed by atoms with Crippen molar-refractivity contribution in [1.82, 2.24) is 24.8 Å². The Bertz CT molecular complexity index is 1710. The number of carbonyl (C=O) groups is 2. The van der Waals surface area contributed by atoms with Gasteiger partial charge < -0.3 is 14.4 Å². The number of hydrogen-bond donors (Lipinski definition) is 1. The van der Waals surface area contributed by atoms with E-state index in [9.17, 15) is 22.8 Å². The van der Waals surface area contributed by atoms with Crippen LogP contribution in [0.15, 0.2) is 30.6 Å². The first-order valence-electron chi connectivity index (χ1n) is 12.0. The predicted octanol–water partition coefficient (Wildman–Crippen LogP) is 5.54. The molecule has 42 heavy (non-hydrogen) atoms. The van der Waals surface area contributed by atoms with Crippen LogP contribution in [0.5, 0.6) is 11.6 Å². The molecule has 1 aliphatic rings. The number of aryl methyl sites for hydroxylation is 1. The van der Waals surface area contributed by atoms with Gasteiger partial charge in [0.2, 0.25) is 5.88 Å². The van der Waals surface area contributed by atoms with E-state index in [0.717, 1.165) is 24.5 Å². The average Bonchev–Trinajstić information content (AvgIpc) is 3.52. The molecule has 0 saturated carbocycles. The maximum Gasteiger partial charge on any atom is 0.433 e. The fourth-order valence-electron chi connectivity index (χ4n) is 4.29. The molecule has 0 radical (unpaired) electrons. The zero-order valence-corrected chi connectivity index (χ0v) is 23.5. The third-order valence-corrected chi connectivity index (χ3v) is 7.51. The van der Waals surface area contributed by atoms with E-state index in [1.54, 1.807) is 6.92 Å². The molecule has 0 bridgehead atoms. The van der Waals surface area contributed by atoms with Crippen molar-refractivity contribution in [3.05, 3.63) is 74.6 Å². The van der Waals surface area contributed by atoms with E-state index in [4.69, 9.17) is 21.1 Å². The number of hydrogen-bond acceptors (Lipinski definition) is 9. The van der Waals surface area contributed by atoms with Crippen molar-refractivity contribution in [2.45, 2.75) is 26.2 Å². The third-order valence-electron chi connectivity index (χ3n) is 6.25. The largest absolute Gasteiger partial charge is 0.494 e. The van der Waals surface area contributed by atoms with Crippen molar-refractivity contribution in [1.29, 1.82) is 0 Å². The number of ether oxygens (including phenoxy) is 2. The summed E-state index contributed by atoms with van der Waals surface area (Å²) in [6, 6.07) is 3.24. The molecule has 4 aromatic rings. The Morgan fingerprint density at radius 1 is 1.07 bits per heavy atom. The highest BCUT2D eigenvalue weighted by Crippen LogP contribution is 2.38. The highest BCUT2D eigenvalue weighted by Gasteiger charge is 2.35. The summed E-state index contributed by atoms with van der Waals surface area (Å²) in [6.07, 6.45) is -2.16. The van der Waals surface area contributed by atoms with Crippen molar-refractivity contribution in [3.63, 3.8) is 0 Å². The van der Waals surface area contributed by atoms with Gasteiger partial charge in [-0.05, 0) is 25.1 Å². The molecule has 0 aliphatic carbocycles. The van der Waals surface area contributed by atoms with Gasteiger partial charge in [0.15, 0.2) is 16.1 Å². The van der Waals surface area contributed by atoms with Gasteiger partial charge in [0, 0.05) is 17.5 Å². The first-order valence-corrected chi connectivity index (χ1v) is 13.2. The summed E-state index contributed by atoms with van der Waals surface area (Å²) in [6.45, 7) is 1.81. The number of amides is 2. The van der Waals surface area contributed by atoms with E-state index in [2.05, 4.69) is 25.3 Å². The smallest absolute Gasteiger partial charge is 0.433 e. The molecular weight excluding hydrogens is 604 g/mol. The molecule has 1 aliphatic heterocycles. The van der Waals surface area contributed by atoms with Gasteiger partial charge in [-0.15, -0.1) is 0 Å². The monoisotopic (exact) mass is 622 g/mol. The minimum atomic E-state index is -4.70. The highest BCUT2D eigenvalue weighted by atomic mass is 35.5. The Balaban J connectivity index is 1.36. The number of halogens is 5. The number of aromatic nitrogens is 4. The quantitative estimate of drug-likeness (QED) is 0.220. The van der Waals surface area contributed by atoms with Crippen molar-refractivity contribution in [2.24, 2.45) is 0 Å². The number of nitrogens with one attached hydrogen (secondary N) is 1. The molecule has 4 aromatic heterocycles. The summed E-state index contributed by atoms with van der Waals surface area (Å²) in [4.78, 5) is 44.2. The summed E-state index contributed by atoms with van der Waals surface area (Å²) < 4.78 is 64.3. The Labute approximate surface area is 244 Å². The van der Waals surface area contributed by atoms with Gasteiger partial charge in [0.1, 0.15) is 17.0 Å². The summed E-state index contributed by atoms with van der Waals surface area (Å²) in [5.41, 5.74) is -0.164. The summed E-state index contributed by atoms with van der Waals surface area (Å²) in [7, 11) is 2.45. The minimum Gasteiger partial charge on any atom is -0.494 e. The number of fused-ring (bicyclic) bond motifs is 1.